The van der Waals surface area contributed by atoms with E-state index in [1.54, 1.807) is 0 Å². The first-order valence-electron chi connectivity index (χ1n) is 7.53. The van der Waals surface area contributed by atoms with Crippen LogP contribution in [0, 0.1) is 5.41 Å². The summed E-state index contributed by atoms with van der Waals surface area (Å²) < 4.78 is 0. The van der Waals surface area contributed by atoms with Crippen molar-refractivity contribution in [1.29, 1.82) is 0 Å². The van der Waals surface area contributed by atoms with E-state index in [1.165, 1.54) is 25.7 Å². The maximum Gasteiger partial charge on any atom is 0.304 e. The van der Waals surface area contributed by atoms with Gasteiger partial charge in [-0.25, -0.2) is 0 Å². The Bertz CT molecular complexity index is 324. The summed E-state index contributed by atoms with van der Waals surface area (Å²) in [5.74, 6) is -0.666. The zero-order valence-corrected chi connectivity index (χ0v) is 12.6. The Morgan fingerprint density at radius 1 is 1.26 bits per heavy atom. The third-order valence-corrected chi connectivity index (χ3v) is 4.50. The van der Waals surface area contributed by atoms with E-state index in [1.807, 2.05) is 0 Å². The SMILES string of the molecule is CN1CC(CC(=O)O)N(C2CCCC2)CC(C)(C)C1. The molecule has 0 bridgehead atoms. The van der Waals surface area contributed by atoms with E-state index in [0.717, 1.165) is 19.6 Å². The summed E-state index contributed by atoms with van der Waals surface area (Å²) in [6.45, 7) is 7.56. The predicted molar refractivity (Wildman–Crippen MR) is 76.3 cm³/mol. The Labute approximate surface area is 116 Å². The molecular formula is C15H28N2O2. The van der Waals surface area contributed by atoms with E-state index >= 15 is 0 Å². The van der Waals surface area contributed by atoms with Gasteiger partial charge in [-0.05, 0) is 25.3 Å². The Hall–Kier alpha value is -0.610. The zero-order chi connectivity index (χ0) is 14.0. The molecule has 4 heteroatoms. The van der Waals surface area contributed by atoms with Crippen molar-refractivity contribution in [1.82, 2.24) is 9.80 Å². The van der Waals surface area contributed by atoms with Gasteiger partial charge in [-0.1, -0.05) is 26.7 Å². The molecule has 0 aromatic heterocycles. The summed E-state index contributed by atoms with van der Waals surface area (Å²) in [5.41, 5.74) is 0.241. The van der Waals surface area contributed by atoms with Gasteiger partial charge in [0.15, 0.2) is 0 Å². The normalized spacial score (nSPS) is 30.4. The highest BCUT2D eigenvalue weighted by atomic mass is 16.4. The molecule has 1 unspecified atom stereocenters. The van der Waals surface area contributed by atoms with Crippen LogP contribution in [0.1, 0.15) is 46.0 Å². The van der Waals surface area contributed by atoms with Crippen LogP contribution in [0.15, 0.2) is 0 Å². The molecule has 4 nitrogen and oxygen atoms in total. The summed E-state index contributed by atoms with van der Waals surface area (Å²) >= 11 is 0. The van der Waals surface area contributed by atoms with E-state index < -0.39 is 5.97 Å². The fourth-order valence-corrected chi connectivity index (χ4v) is 3.98. The molecule has 2 fully saturated rings. The number of rotatable bonds is 3. The van der Waals surface area contributed by atoms with Crippen LogP contribution in [-0.4, -0.2) is 59.6 Å². The number of carboxylic acid groups (broad SMARTS) is 1. The highest BCUT2D eigenvalue weighted by molar-refractivity contribution is 5.67. The second kappa shape index (κ2) is 5.80. The monoisotopic (exact) mass is 268 g/mol. The molecule has 0 amide bonds. The molecule has 1 N–H and O–H groups in total. The van der Waals surface area contributed by atoms with E-state index in [2.05, 4.69) is 30.7 Å². The zero-order valence-electron chi connectivity index (χ0n) is 12.6. The predicted octanol–water partition coefficient (Wildman–Crippen LogP) is 2.05. The van der Waals surface area contributed by atoms with Crippen molar-refractivity contribution in [2.24, 2.45) is 5.41 Å². The van der Waals surface area contributed by atoms with Gasteiger partial charge in [0.2, 0.25) is 0 Å². The van der Waals surface area contributed by atoms with Crippen molar-refractivity contribution in [3.8, 4) is 0 Å². The summed E-state index contributed by atoms with van der Waals surface area (Å²) in [4.78, 5) is 16.0. The Kier molecular flexibility index (Phi) is 4.51. The third-order valence-electron chi connectivity index (χ3n) is 4.50. The van der Waals surface area contributed by atoms with E-state index in [4.69, 9.17) is 0 Å². The van der Waals surface area contributed by atoms with Gasteiger partial charge in [0.1, 0.15) is 0 Å². The van der Waals surface area contributed by atoms with Crippen molar-refractivity contribution in [2.45, 2.75) is 58.0 Å². The van der Waals surface area contributed by atoms with Gasteiger partial charge < -0.3 is 10.0 Å². The van der Waals surface area contributed by atoms with Gasteiger partial charge in [0, 0.05) is 31.7 Å². The average molecular weight is 268 g/mol. The molecule has 1 heterocycles. The number of carboxylic acids is 1. The van der Waals surface area contributed by atoms with Crippen molar-refractivity contribution in [3.05, 3.63) is 0 Å². The van der Waals surface area contributed by atoms with Crippen LogP contribution in [0.5, 0.6) is 0 Å². The van der Waals surface area contributed by atoms with Crippen LogP contribution in [-0.2, 0) is 4.79 Å². The van der Waals surface area contributed by atoms with Gasteiger partial charge in [0.05, 0.1) is 6.42 Å². The quantitative estimate of drug-likeness (QED) is 0.851. The molecule has 1 saturated carbocycles. The minimum atomic E-state index is -0.666. The molecule has 0 aromatic carbocycles. The summed E-state index contributed by atoms with van der Waals surface area (Å²) in [5, 5.41) is 9.19. The highest BCUT2D eigenvalue weighted by Crippen LogP contribution is 2.32. The standard InChI is InChI=1S/C15H28N2O2/c1-15(2)10-16(3)9-13(8-14(18)19)17(11-15)12-6-4-5-7-12/h12-13H,4-11H2,1-3H3,(H,18,19). The highest BCUT2D eigenvalue weighted by Gasteiger charge is 2.37. The first-order valence-corrected chi connectivity index (χ1v) is 7.53. The maximum atomic E-state index is 11.2. The minimum absolute atomic E-state index is 0.173. The summed E-state index contributed by atoms with van der Waals surface area (Å²) in [6, 6.07) is 0.780. The van der Waals surface area contributed by atoms with E-state index in [0.29, 0.717) is 6.04 Å². The third kappa shape index (κ3) is 3.93. The molecule has 1 aliphatic carbocycles. The second-order valence-corrected chi connectivity index (χ2v) is 7.22. The molecule has 0 aromatic rings. The Balaban J connectivity index is 2.17. The first-order chi connectivity index (χ1) is 8.87. The number of carbonyl (C=O) groups is 1. The lowest BCUT2D eigenvalue weighted by Gasteiger charge is -2.37. The average Bonchev–Trinajstić information content (AvgIpc) is 2.73. The van der Waals surface area contributed by atoms with Crippen LogP contribution in [0.3, 0.4) is 0 Å². The molecule has 1 saturated heterocycles. The molecule has 0 spiro atoms. The fraction of sp³-hybridized carbons (Fsp3) is 0.933. The van der Waals surface area contributed by atoms with E-state index in [9.17, 15) is 9.90 Å². The molecule has 19 heavy (non-hydrogen) atoms. The minimum Gasteiger partial charge on any atom is -0.481 e. The molecule has 2 rings (SSSR count). The molecule has 110 valence electrons. The van der Waals surface area contributed by atoms with Crippen LogP contribution in [0.25, 0.3) is 0 Å². The molecule has 0 radical (unpaired) electrons. The number of hydrogen-bond donors (Lipinski definition) is 1. The Morgan fingerprint density at radius 2 is 1.89 bits per heavy atom. The van der Waals surface area contributed by atoms with Crippen molar-refractivity contribution < 1.29 is 9.90 Å². The van der Waals surface area contributed by atoms with Gasteiger partial charge >= 0.3 is 5.97 Å². The number of aliphatic carboxylic acids is 1. The smallest absolute Gasteiger partial charge is 0.304 e. The molecule has 1 atom stereocenters. The van der Waals surface area contributed by atoms with E-state index in [-0.39, 0.29) is 17.9 Å². The molecule has 2 aliphatic rings. The Morgan fingerprint density at radius 3 is 2.47 bits per heavy atom. The van der Waals surface area contributed by atoms with Crippen molar-refractivity contribution >= 4 is 5.97 Å². The summed E-state index contributed by atoms with van der Waals surface area (Å²) in [7, 11) is 2.12. The maximum absolute atomic E-state index is 11.2. The number of likely N-dealkylation sites (N-methyl/N-ethyl adjacent to an activating group) is 1. The van der Waals surface area contributed by atoms with Crippen molar-refractivity contribution in [3.63, 3.8) is 0 Å². The van der Waals surface area contributed by atoms with Crippen molar-refractivity contribution in [2.75, 3.05) is 26.7 Å². The first kappa shape index (κ1) is 14.8. The van der Waals surface area contributed by atoms with Gasteiger partial charge in [-0.15, -0.1) is 0 Å². The lowest BCUT2D eigenvalue weighted by molar-refractivity contribution is -0.138. The van der Waals surface area contributed by atoms with Crippen LogP contribution < -0.4 is 0 Å². The lowest BCUT2D eigenvalue weighted by Crippen LogP contribution is -2.47. The molecule has 1 aliphatic heterocycles. The summed E-state index contributed by atoms with van der Waals surface area (Å²) in [6.07, 6.45) is 5.37. The van der Waals surface area contributed by atoms with Crippen LogP contribution in [0.4, 0.5) is 0 Å². The van der Waals surface area contributed by atoms with Gasteiger partial charge in [-0.2, -0.15) is 0 Å². The topological polar surface area (TPSA) is 43.8 Å². The van der Waals surface area contributed by atoms with Gasteiger partial charge in [0.25, 0.3) is 0 Å². The fourth-order valence-electron chi connectivity index (χ4n) is 3.98. The second-order valence-electron chi connectivity index (χ2n) is 7.22. The number of hydrogen-bond acceptors (Lipinski definition) is 3. The largest absolute Gasteiger partial charge is 0.481 e. The lowest BCUT2D eigenvalue weighted by atomic mass is 9.91. The van der Waals surface area contributed by atoms with Crippen LogP contribution in [0.2, 0.25) is 0 Å². The number of nitrogens with zero attached hydrogens (tertiary/aromatic N) is 2. The molecular weight excluding hydrogens is 240 g/mol. The van der Waals surface area contributed by atoms with Gasteiger partial charge in [-0.3, -0.25) is 9.69 Å². The van der Waals surface area contributed by atoms with Crippen LogP contribution >= 0.6 is 0 Å².